The van der Waals surface area contributed by atoms with E-state index >= 15 is 0 Å². The van der Waals surface area contributed by atoms with Gasteiger partial charge in [-0.1, -0.05) is 0 Å². The number of hydrogen-bond donors (Lipinski definition) is 0. The molecule has 4 rings (SSSR count). The summed E-state index contributed by atoms with van der Waals surface area (Å²) in [7, 11) is 0. The Morgan fingerprint density at radius 2 is 1.91 bits per heavy atom. The minimum absolute atomic E-state index is 0.0904. The van der Waals surface area contributed by atoms with Crippen LogP contribution in [0.5, 0.6) is 0 Å². The first-order valence-electron chi connectivity index (χ1n) is 6.69. The Hall–Kier alpha value is -2.57. The lowest BCUT2D eigenvalue weighted by atomic mass is 9.86. The number of rotatable bonds is 1. The Labute approximate surface area is 123 Å². The van der Waals surface area contributed by atoms with E-state index in [4.69, 9.17) is 0 Å². The molecule has 22 heavy (non-hydrogen) atoms. The fourth-order valence-corrected chi connectivity index (χ4v) is 2.99. The summed E-state index contributed by atoms with van der Waals surface area (Å²) in [5, 5.41) is 0. The van der Waals surface area contributed by atoms with Crippen molar-refractivity contribution in [2.24, 2.45) is 0 Å². The van der Waals surface area contributed by atoms with Gasteiger partial charge in [0.05, 0.1) is 5.57 Å². The summed E-state index contributed by atoms with van der Waals surface area (Å²) in [4.78, 5) is 0. The topological polar surface area (TPSA) is 7.94 Å². The molecule has 110 valence electrons. The van der Waals surface area contributed by atoms with Crippen LogP contribution in [0.4, 0.5) is 17.4 Å². The average molecular weight is 304 g/mol. The van der Waals surface area contributed by atoms with Crippen molar-refractivity contribution in [2.75, 3.05) is 0 Å². The minimum Gasteiger partial charge on any atom is -0.396 e. The van der Waals surface area contributed by atoms with Gasteiger partial charge >= 0.3 is 6.97 Å². The van der Waals surface area contributed by atoms with Gasteiger partial charge in [-0.3, -0.25) is 0 Å². The molecule has 2 aliphatic rings. The predicted octanol–water partition coefficient (Wildman–Crippen LogP) is 3.42. The largest absolute Gasteiger partial charge is 0.737 e. The lowest BCUT2D eigenvalue weighted by molar-refractivity contribution is -0.356. The highest BCUT2D eigenvalue weighted by atomic mass is 19.2. The van der Waals surface area contributed by atoms with Crippen molar-refractivity contribution in [3.8, 4) is 0 Å². The van der Waals surface area contributed by atoms with Crippen LogP contribution in [0.2, 0.25) is 0 Å². The molecule has 2 aromatic rings. The van der Waals surface area contributed by atoms with Crippen LogP contribution in [0, 0.1) is 11.6 Å². The van der Waals surface area contributed by atoms with Crippen LogP contribution in [0.25, 0.3) is 5.57 Å². The van der Waals surface area contributed by atoms with E-state index in [2.05, 4.69) is 0 Å². The second-order valence-corrected chi connectivity index (χ2v) is 5.19. The van der Waals surface area contributed by atoms with Gasteiger partial charge < -0.3 is 17.6 Å². The summed E-state index contributed by atoms with van der Waals surface area (Å²) >= 11 is 0. The van der Waals surface area contributed by atoms with Gasteiger partial charge in [0, 0.05) is 29.5 Å². The third-order valence-electron chi connectivity index (χ3n) is 3.94. The number of nitrogens with zero attached hydrogens (tertiary/aromatic N) is 2. The van der Waals surface area contributed by atoms with E-state index in [0.717, 1.165) is 21.1 Å². The van der Waals surface area contributed by atoms with Crippen molar-refractivity contribution >= 4 is 18.8 Å². The van der Waals surface area contributed by atoms with Crippen molar-refractivity contribution in [1.29, 1.82) is 0 Å². The van der Waals surface area contributed by atoms with Crippen LogP contribution >= 0.6 is 0 Å². The number of allylic oxidation sites excluding steroid dienone is 2. The molecule has 0 unspecified atom stereocenters. The van der Waals surface area contributed by atoms with E-state index in [-0.39, 0.29) is 17.0 Å². The van der Waals surface area contributed by atoms with Crippen LogP contribution in [-0.4, -0.2) is 22.1 Å². The molecule has 0 saturated carbocycles. The summed E-state index contributed by atoms with van der Waals surface area (Å²) in [6.45, 7) is -4.02. The van der Waals surface area contributed by atoms with Crippen LogP contribution < -0.4 is 0 Å². The van der Waals surface area contributed by atoms with Crippen LogP contribution in [-0.2, 0) is 0 Å². The second kappa shape index (κ2) is 4.22. The fraction of sp³-hybridized carbons (Fsp3) is 0. The zero-order valence-corrected chi connectivity index (χ0v) is 11.2. The molecule has 0 fully saturated rings. The van der Waals surface area contributed by atoms with Crippen molar-refractivity contribution in [1.82, 2.24) is 4.48 Å². The van der Waals surface area contributed by atoms with E-state index < -0.39 is 18.6 Å². The predicted molar refractivity (Wildman–Crippen MR) is 75.6 cm³/mol. The van der Waals surface area contributed by atoms with Gasteiger partial charge in [-0.05, 0) is 30.5 Å². The van der Waals surface area contributed by atoms with Gasteiger partial charge in [0.15, 0.2) is 5.70 Å². The van der Waals surface area contributed by atoms with E-state index in [1.807, 2.05) is 0 Å². The number of fused-ring (bicyclic) bond motifs is 2. The summed E-state index contributed by atoms with van der Waals surface area (Å²) in [6.07, 6.45) is 5.52. The molecule has 0 bridgehead atoms. The molecule has 1 aromatic carbocycles. The summed E-state index contributed by atoms with van der Waals surface area (Å²) in [6, 6.07) is 6.12. The zero-order valence-electron chi connectivity index (χ0n) is 11.2. The highest BCUT2D eigenvalue weighted by molar-refractivity contribution is 6.57. The van der Waals surface area contributed by atoms with E-state index in [9.17, 15) is 17.4 Å². The number of halogens is 4. The van der Waals surface area contributed by atoms with E-state index in [1.54, 1.807) is 0 Å². The minimum atomic E-state index is -4.02. The molecule has 0 atom stereocenters. The highest BCUT2D eigenvalue weighted by Crippen LogP contribution is 2.39. The van der Waals surface area contributed by atoms with Gasteiger partial charge in [0.2, 0.25) is 0 Å². The third kappa shape index (κ3) is 1.59. The molecule has 0 spiro atoms. The highest BCUT2D eigenvalue weighted by Gasteiger charge is 2.51. The number of aromatic nitrogens is 1. The maximum Gasteiger partial charge on any atom is 0.737 e. The molecule has 2 aliphatic heterocycles. The first-order valence-corrected chi connectivity index (χ1v) is 6.69. The Balaban J connectivity index is 2.07. The van der Waals surface area contributed by atoms with Crippen LogP contribution in [0.3, 0.4) is 0 Å². The van der Waals surface area contributed by atoms with Gasteiger partial charge in [-0.15, -0.1) is 0 Å². The first-order chi connectivity index (χ1) is 10.5. The average Bonchev–Trinajstić information content (AvgIpc) is 3.11. The second-order valence-electron chi connectivity index (χ2n) is 5.19. The Bertz CT molecular complexity index is 893. The number of hydrogen-bond acceptors (Lipinski definition) is 0. The molecule has 2 nitrogen and oxygen atoms in total. The number of benzene rings is 1. The monoisotopic (exact) mass is 304 g/mol. The van der Waals surface area contributed by atoms with Gasteiger partial charge in [-0.2, -0.15) is 0 Å². The molecule has 7 heteroatoms. The smallest absolute Gasteiger partial charge is 0.396 e. The normalized spacial score (nSPS) is 18.3. The maximum absolute atomic E-state index is 14.5. The molecule has 0 N–H and O–H groups in total. The van der Waals surface area contributed by atoms with Crippen LogP contribution in [0.15, 0.2) is 54.4 Å². The molecule has 0 amide bonds. The van der Waals surface area contributed by atoms with E-state index in [1.165, 1.54) is 42.8 Å². The van der Waals surface area contributed by atoms with Crippen LogP contribution in [0.1, 0.15) is 11.3 Å². The van der Waals surface area contributed by atoms with Gasteiger partial charge in [0.25, 0.3) is 0 Å². The SMILES string of the molecule is Fc1ccc(C2=C3C=CC=[N+]3[B-](F)(F)n3cccc32)c(F)c1. The third-order valence-corrected chi connectivity index (χ3v) is 3.94. The molecule has 0 aliphatic carbocycles. The Morgan fingerprint density at radius 1 is 1.09 bits per heavy atom. The van der Waals surface area contributed by atoms with Gasteiger partial charge in [0.1, 0.15) is 17.8 Å². The van der Waals surface area contributed by atoms with Crippen molar-refractivity contribution in [3.05, 3.63) is 77.3 Å². The van der Waals surface area contributed by atoms with Crippen molar-refractivity contribution in [2.45, 2.75) is 0 Å². The summed E-state index contributed by atoms with van der Waals surface area (Å²) < 4.78 is 58.0. The first kappa shape index (κ1) is 13.1. The molecule has 0 radical (unpaired) electrons. The molecule has 0 saturated heterocycles. The molecule has 3 heterocycles. The summed E-state index contributed by atoms with van der Waals surface area (Å²) in [5.74, 6) is -1.49. The molecular formula is C15H9BF4N2. The Morgan fingerprint density at radius 3 is 2.68 bits per heavy atom. The summed E-state index contributed by atoms with van der Waals surface area (Å²) in [5.41, 5.74) is 0.830. The van der Waals surface area contributed by atoms with Gasteiger partial charge in [-0.25, -0.2) is 8.78 Å². The fourth-order valence-electron chi connectivity index (χ4n) is 2.99. The Kier molecular flexibility index (Phi) is 2.52. The molecule has 1 aromatic heterocycles. The standard InChI is InChI=1S/C15H9BF4N2/c17-10-5-6-11(12(18)9-10)15-13-3-1-7-21(13)16(19,20)22-8-2-4-14(15)22/h1-9H. The van der Waals surface area contributed by atoms with Crippen molar-refractivity contribution in [3.63, 3.8) is 0 Å². The molecular weight excluding hydrogens is 295 g/mol. The quantitative estimate of drug-likeness (QED) is 0.563. The van der Waals surface area contributed by atoms with Crippen molar-refractivity contribution < 1.29 is 21.9 Å². The lowest BCUT2D eigenvalue weighted by Crippen LogP contribution is -2.49. The maximum atomic E-state index is 14.5. The zero-order chi connectivity index (χ0) is 15.5. The lowest BCUT2D eigenvalue weighted by Gasteiger charge is -2.30. The van der Waals surface area contributed by atoms with E-state index in [0.29, 0.717) is 5.57 Å².